The molecule has 1 saturated carbocycles. The van der Waals surface area contributed by atoms with Crippen molar-refractivity contribution in [1.82, 2.24) is 9.55 Å². The maximum absolute atomic E-state index is 12.1. The van der Waals surface area contributed by atoms with Gasteiger partial charge in [0.15, 0.2) is 0 Å². The van der Waals surface area contributed by atoms with Gasteiger partial charge in [-0.3, -0.25) is 4.79 Å². The van der Waals surface area contributed by atoms with Crippen molar-refractivity contribution in [3.8, 4) is 0 Å². The van der Waals surface area contributed by atoms with Crippen LogP contribution in [0.2, 0.25) is 5.02 Å². The quantitative estimate of drug-likeness (QED) is 0.443. The standard InChI is InChI=1S/C26H30ClN3O.CH2O2.CH4O/c1-17-7-12-22-23(29(17)2)13-14-24-26(22)28-25(30(24)21-5-3-4-6-21)15-19(16-31)18-8-10-20(27)11-9-18;2-1-3;1-2/h8-11,13-14,16-17,19,21H,3-7,12,15H2,1-2H3;1H,(H,2,3);2H,1H3. The number of anilines is 1. The summed E-state index contributed by atoms with van der Waals surface area (Å²) in [6.07, 6.45) is 8.82. The summed E-state index contributed by atoms with van der Waals surface area (Å²) in [6, 6.07) is 13.2. The molecule has 0 amide bonds. The van der Waals surface area contributed by atoms with Crippen molar-refractivity contribution in [1.29, 1.82) is 0 Å². The maximum atomic E-state index is 12.1. The van der Waals surface area contributed by atoms with E-state index in [0.29, 0.717) is 23.5 Å². The number of halogens is 1. The van der Waals surface area contributed by atoms with E-state index >= 15 is 0 Å². The molecule has 0 spiro atoms. The maximum Gasteiger partial charge on any atom is 0.290 e. The number of aromatic nitrogens is 2. The summed E-state index contributed by atoms with van der Waals surface area (Å²) < 4.78 is 2.47. The Kier molecular flexibility index (Phi) is 9.90. The second kappa shape index (κ2) is 12.9. The minimum Gasteiger partial charge on any atom is -0.483 e. The lowest BCUT2D eigenvalue weighted by molar-refractivity contribution is -0.122. The first-order valence-corrected chi connectivity index (χ1v) is 12.8. The van der Waals surface area contributed by atoms with Crippen LogP contribution in [-0.4, -0.2) is 52.7 Å². The number of hydrogen-bond donors (Lipinski definition) is 2. The fourth-order valence-corrected chi connectivity index (χ4v) is 5.61. The molecule has 5 rings (SSSR count). The van der Waals surface area contributed by atoms with Crippen LogP contribution < -0.4 is 4.90 Å². The molecule has 0 bridgehead atoms. The number of carboxylic acid groups (broad SMARTS) is 1. The van der Waals surface area contributed by atoms with Crippen molar-refractivity contribution in [2.24, 2.45) is 0 Å². The number of rotatable bonds is 5. The summed E-state index contributed by atoms with van der Waals surface area (Å²) in [4.78, 5) is 28.0. The van der Waals surface area contributed by atoms with Crippen molar-refractivity contribution in [2.45, 2.75) is 69.9 Å². The Morgan fingerprint density at radius 2 is 1.72 bits per heavy atom. The molecule has 0 radical (unpaired) electrons. The molecule has 1 fully saturated rings. The number of fused-ring (bicyclic) bond motifs is 3. The molecule has 194 valence electrons. The van der Waals surface area contributed by atoms with Gasteiger partial charge in [-0.05, 0) is 62.4 Å². The Bertz CT molecular complexity index is 1160. The van der Waals surface area contributed by atoms with Gasteiger partial charge in [0.2, 0.25) is 0 Å². The highest BCUT2D eigenvalue weighted by Gasteiger charge is 2.28. The van der Waals surface area contributed by atoms with Crippen LogP contribution in [0.5, 0.6) is 0 Å². The molecule has 3 aromatic rings. The molecule has 36 heavy (non-hydrogen) atoms. The number of hydrogen-bond acceptors (Lipinski definition) is 5. The van der Waals surface area contributed by atoms with Gasteiger partial charge in [0.25, 0.3) is 6.47 Å². The molecule has 2 N–H and O–H groups in total. The van der Waals surface area contributed by atoms with Crippen LogP contribution in [0.4, 0.5) is 5.69 Å². The molecule has 8 heteroatoms. The van der Waals surface area contributed by atoms with Crippen LogP contribution in [0.15, 0.2) is 36.4 Å². The van der Waals surface area contributed by atoms with Crippen LogP contribution in [-0.2, 0) is 22.4 Å². The van der Waals surface area contributed by atoms with Gasteiger partial charge >= 0.3 is 0 Å². The molecule has 1 aromatic heterocycles. The summed E-state index contributed by atoms with van der Waals surface area (Å²) >= 11 is 6.07. The smallest absolute Gasteiger partial charge is 0.290 e. The lowest BCUT2D eigenvalue weighted by atomic mass is 9.96. The average Bonchev–Trinajstić information content (AvgIpc) is 3.54. The van der Waals surface area contributed by atoms with Crippen LogP contribution in [0, 0.1) is 0 Å². The van der Waals surface area contributed by atoms with E-state index < -0.39 is 0 Å². The van der Waals surface area contributed by atoms with E-state index in [9.17, 15) is 4.79 Å². The number of carbonyl (C=O) groups is 2. The van der Waals surface area contributed by atoms with Crippen LogP contribution in [0.1, 0.15) is 67.9 Å². The highest BCUT2D eigenvalue weighted by Crippen LogP contribution is 2.39. The van der Waals surface area contributed by atoms with Crippen molar-refractivity contribution in [2.75, 3.05) is 19.1 Å². The minimum absolute atomic E-state index is 0.215. The SMILES string of the molecule is CC1CCc2c(ccc3c2nc(CC(C=O)c2ccc(Cl)cc2)n3C2CCCC2)N1C.CO.O=CO. The Balaban J connectivity index is 0.000000674. The summed E-state index contributed by atoms with van der Waals surface area (Å²) in [7, 11) is 3.19. The fraction of sp³-hybridized carbons (Fsp3) is 0.464. The molecule has 1 aliphatic carbocycles. The highest BCUT2D eigenvalue weighted by atomic mass is 35.5. The second-order valence-electron chi connectivity index (χ2n) is 9.37. The first kappa shape index (κ1) is 27.7. The summed E-state index contributed by atoms with van der Waals surface area (Å²) in [5, 5.41) is 14.6. The molecule has 2 heterocycles. The van der Waals surface area contributed by atoms with Crippen LogP contribution in [0.3, 0.4) is 0 Å². The number of aldehydes is 1. The topological polar surface area (TPSA) is 95.7 Å². The molecule has 2 aromatic carbocycles. The number of nitrogens with zero attached hydrogens (tertiary/aromatic N) is 3. The number of imidazole rings is 1. The summed E-state index contributed by atoms with van der Waals surface area (Å²) in [5.74, 6) is 0.830. The van der Waals surface area contributed by atoms with Gasteiger partial charge in [-0.2, -0.15) is 0 Å². The number of aryl methyl sites for hydroxylation is 1. The molecule has 0 saturated heterocycles. The monoisotopic (exact) mass is 513 g/mol. The first-order chi connectivity index (χ1) is 17.5. The lowest BCUT2D eigenvalue weighted by Gasteiger charge is -2.34. The summed E-state index contributed by atoms with van der Waals surface area (Å²) in [6.45, 7) is 2.04. The van der Waals surface area contributed by atoms with Crippen LogP contribution in [0.25, 0.3) is 11.0 Å². The van der Waals surface area contributed by atoms with Crippen LogP contribution >= 0.6 is 11.6 Å². The zero-order valence-corrected chi connectivity index (χ0v) is 22.0. The Morgan fingerprint density at radius 3 is 2.33 bits per heavy atom. The molecule has 2 aliphatic rings. The molecule has 2 unspecified atom stereocenters. The van der Waals surface area contributed by atoms with Crippen molar-refractivity contribution < 1.29 is 19.8 Å². The zero-order valence-electron chi connectivity index (χ0n) is 21.2. The summed E-state index contributed by atoms with van der Waals surface area (Å²) in [5.41, 5.74) is 6.05. The van der Waals surface area contributed by atoms with Gasteiger partial charge in [0.05, 0.1) is 11.0 Å². The number of aliphatic hydroxyl groups excluding tert-OH is 1. The molecule has 1 aliphatic heterocycles. The third-order valence-electron chi connectivity index (χ3n) is 7.42. The van der Waals surface area contributed by atoms with E-state index in [-0.39, 0.29) is 12.4 Å². The first-order valence-electron chi connectivity index (χ1n) is 12.5. The van der Waals surface area contributed by atoms with E-state index in [4.69, 9.17) is 31.6 Å². The fourth-order valence-electron chi connectivity index (χ4n) is 5.48. The van der Waals surface area contributed by atoms with Gasteiger partial charge < -0.3 is 24.5 Å². The van der Waals surface area contributed by atoms with E-state index in [1.165, 1.54) is 42.5 Å². The van der Waals surface area contributed by atoms with E-state index in [1.807, 2.05) is 24.3 Å². The normalized spacial score (nSPS) is 17.9. The van der Waals surface area contributed by atoms with E-state index in [1.54, 1.807) is 0 Å². The number of carbonyl (C=O) groups excluding carboxylic acids is 1. The van der Waals surface area contributed by atoms with Crippen molar-refractivity contribution >= 4 is 41.1 Å². The Morgan fingerprint density at radius 1 is 1.08 bits per heavy atom. The minimum atomic E-state index is -0.250. The number of benzene rings is 2. The molecule has 7 nitrogen and oxygen atoms in total. The highest BCUT2D eigenvalue weighted by molar-refractivity contribution is 6.30. The third-order valence-corrected chi connectivity index (χ3v) is 7.68. The average molecular weight is 514 g/mol. The molecular weight excluding hydrogens is 478 g/mol. The van der Waals surface area contributed by atoms with Crippen molar-refractivity contribution in [3.05, 3.63) is 58.4 Å². The predicted octanol–water partition coefficient (Wildman–Crippen LogP) is 5.41. The van der Waals surface area contributed by atoms with Gasteiger partial charge in [0.1, 0.15) is 12.1 Å². The van der Waals surface area contributed by atoms with E-state index in [2.05, 4.69) is 35.6 Å². The van der Waals surface area contributed by atoms with Gasteiger partial charge in [-0.1, -0.05) is 36.6 Å². The predicted molar refractivity (Wildman–Crippen MR) is 144 cm³/mol. The van der Waals surface area contributed by atoms with Gasteiger partial charge in [-0.15, -0.1) is 0 Å². The van der Waals surface area contributed by atoms with E-state index in [0.717, 1.165) is 43.1 Å². The lowest BCUT2D eigenvalue weighted by Crippen LogP contribution is -2.33. The second-order valence-corrected chi connectivity index (χ2v) is 9.81. The zero-order chi connectivity index (χ0) is 26.2. The Labute approximate surface area is 217 Å². The molecular formula is C28H36ClN3O4. The number of aliphatic hydroxyl groups is 1. The Hall–Kier alpha value is -2.90. The third kappa shape index (κ3) is 5.73. The van der Waals surface area contributed by atoms with Gasteiger partial charge in [-0.25, -0.2) is 4.98 Å². The van der Waals surface area contributed by atoms with Gasteiger partial charge in [0, 0.05) is 54.9 Å². The largest absolute Gasteiger partial charge is 0.483 e. The van der Waals surface area contributed by atoms with Crippen molar-refractivity contribution in [3.63, 3.8) is 0 Å². The molecule has 2 atom stereocenters.